The van der Waals surface area contributed by atoms with Gasteiger partial charge in [0.2, 0.25) is 5.95 Å². The number of thioether (sulfide) groups is 1. The molecule has 1 aromatic rings. The van der Waals surface area contributed by atoms with Crippen molar-refractivity contribution >= 4 is 23.7 Å². The minimum atomic E-state index is -4.47. The van der Waals surface area contributed by atoms with Crippen LogP contribution in [0.15, 0.2) is 17.3 Å². The van der Waals surface area contributed by atoms with E-state index in [9.17, 15) is 13.2 Å². The largest absolute Gasteiger partial charge is 0.433 e. The lowest BCUT2D eigenvalue weighted by molar-refractivity contribution is -0.141. The predicted octanol–water partition coefficient (Wildman–Crippen LogP) is 2.31. The average Bonchev–Trinajstić information content (AvgIpc) is 2.53. The summed E-state index contributed by atoms with van der Waals surface area (Å²) in [5.41, 5.74) is -0.957. The molecule has 0 radical (unpaired) electrons. The molecule has 2 rings (SSSR count). The standard InChI is InChI=1S/C15H23F3N6S/c1-14(2)10-24(8-9-25-14)13(19-3)22-7-6-21-12-20-5-4-11(23-12)15(16,17)18/h4-5H,6-10H2,1-3H3,(H,19,22)(H,20,21,23). The Labute approximate surface area is 149 Å². The maximum Gasteiger partial charge on any atom is 0.433 e. The first-order valence-electron chi connectivity index (χ1n) is 7.95. The third-order valence-electron chi connectivity index (χ3n) is 3.57. The van der Waals surface area contributed by atoms with E-state index in [0.29, 0.717) is 13.1 Å². The average molecular weight is 376 g/mol. The van der Waals surface area contributed by atoms with Crippen LogP contribution in [0, 0.1) is 0 Å². The second-order valence-corrected chi connectivity index (χ2v) is 8.00. The smallest absolute Gasteiger partial charge is 0.354 e. The molecule has 0 spiro atoms. The lowest BCUT2D eigenvalue weighted by atomic mass is 10.2. The summed E-state index contributed by atoms with van der Waals surface area (Å²) >= 11 is 1.94. The molecule has 0 aromatic carbocycles. The van der Waals surface area contributed by atoms with Crippen LogP contribution in [-0.2, 0) is 6.18 Å². The van der Waals surface area contributed by atoms with Gasteiger partial charge in [0.1, 0.15) is 5.69 Å². The fraction of sp³-hybridized carbons (Fsp3) is 0.667. The van der Waals surface area contributed by atoms with Gasteiger partial charge >= 0.3 is 6.18 Å². The molecule has 1 aliphatic heterocycles. The third-order valence-corrected chi connectivity index (χ3v) is 4.87. The number of anilines is 1. The molecule has 1 aromatic heterocycles. The number of halogens is 3. The molecule has 0 unspecified atom stereocenters. The van der Waals surface area contributed by atoms with E-state index in [1.54, 1.807) is 7.05 Å². The number of hydrogen-bond donors (Lipinski definition) is 2. The Balaban J connectivity index is 1.82. The van der Waals surface area contributed by atoms with Crippen LogP contribution in [0.2, 0.25) is 0 Å². The second-order valence-electron chi connectivity index (χ2n) is 6.19. The van der Waals surface area contributed by atoms with Gasteiger partial charge in [-0.25, -0.2) is 9.97 Å². The number of hydrogen-bond acceptors (Lipinski definition) is 5. The summed E-state index contributed by atoms with van der Waals surface area (Å²) in [6, 6.07) is 0.849. The fourth-order valence-electron chi connectivity index (χ4n) is 2.48. The zero-order valence-electron chi connectivity index (χ0n) is 14.5. The van der Waals surface area contributed by atoms with Crippen molar-refractivity contribution < 1.29 is 13.2 Å². The van der Waals surface area contributed by atoms with Crippen molar-refractivity contribution in [3.63, 3.8) is 0 Å². The number of rotatable bonds is 4. The Morgan fingerprint density at radius 2 is 2.16 bits per heavy atom. The first-order chi connectivity index (χ1) is 11.7. The number of alkyl halides is 3. The summed E-state index contributed by atoms with van der Waals surface area (Å²) < 4.78 is 38.0. The van der Waals surface area contributed by atoms with Crippen molar-refractivity contribution in [1.29, 1.82) is 0 Å². The summed E-state index contributed by atoms with van der Waals surface area (Å²) in [5.74, 6) is 1.78. The Bertz CT molecular complexity index is 605. The van der Waals surface area contributed by atoms with Crippen LogP contribution >= 0.6 is 11.8 Å². The second kappa shape index (κ2) is 8.11. The Morgan fingerprint density at radius 1 is 1.40 bits per heavy atom. The molecule has 25 heavy (non-hydrogen) atoms. The van der Waals surface area contributed by atoms with Crippen LogP contribution in [0.4, 0.5) is 19.1 Å². The highest BCUT2D eigenvalue weighted by Gasteiger charge is 2.32. The molecule has 10 heteroatoms. The topological polar surface area (TPSA) is 65.4 Å². The normalized spacial score (nSPS) is 18.2. The maximum atomic E-state index is 12.6. The van der Waals surface area contributed by atoms with E-state index < -0.39 is 11.9 Å². The summed E-state index contributed by atoms with van der Waals surface area (Å²) in [5, 5.41) is 6.01. The van der Waals surface area contributed by atoms with Gasteiger partial charge in [-0.2, -0.15) is 24.9 Å². The zero-order chi connectivity index (χ0) is 18.5. The lowest BCUT2D eigenvalue weighted by Crippen LogP contribution is -2.51. The van der Waals surface area contributed by atoms with Gasteiger partial charge in [-0.3, -0.25) is 4.99 Å². The molecule has 2 heterocycles. The Morgan fingerprint density at radius 3 is 2.80 bits per heavy atom. The Kier molecular flexibility index (Phi) is 6.36. The fourth-order valence-corrected chi connectivity index (χ4v) is 3.59. The van der Waals surface area contributed by atoms with Crippen LogP contribution in [0.1, 0.15) is 19.5 Å². The monoisotopic (exact) mass is 376 g/mol. The van der Waals surface area contributed by atoms with Crippen molar-refractivity contribution in [3.8, 4) is 0 Å². The molecular weight excluding hydrogens is 353 g/mol. The van der Waals surface area contributed by atoms with Crippen molar-refractivity contribution in [2.45, 2.75) is 24.8 Å². The van der Waals surface area contributed by atoms with Crippen LogP contribution in [0.3, 0.4) is 0 Å². The lowest BCUT2D eigenvalue weighted by Gasteiger charge is -2.39. The van der Waals surface area contributed by atoms with E-state index >= 15 is 0 Å². The predicted molar refractivity (Wildman–Crippen MR) is 95.0 cm³/mol. The molecular formula is C15H23F3N6S. The van der Waals surface area contributed by atoms with Crippen molar-refractivity contribution in [3.05, 3.63) is 18.0 Å². The van der Waals surface area contributed by atoms with Gasteiger partial charge in [0, 0.05) is 49.9 Å². The molecule has 0 bridgehead atoms. The minimum Gasteiger partial charge on any atom is -0.354 e. The van der Waals surface area contributed by atoms with Gasteiger partial charge in [-0.1, -0.05) is 0 Å². The SMILES string of the molecule is CN=C(NCCNc1nccc(C(F)(F)F)n1)N1CCSC(C)(C)C1. The molecule has 0 saturated carbocycles. The van der Waals surface area contributed by atoms with Gasteiger partial charge in [0.05, 0.1) is 0 Å². The molecule has 140 valence electrons. The molecule has 0 aliphatic carbocycles. The number of guanidine groups is 1. The van der Waals surface area contributed by atoms with Gasteiger partial charge in [0.25, 0.3) is 0 Å². The first kappa shape index (κ1) is 19.6. The van der Waals surface area contributed by atoms with Gasteiger partial charge in [-0.15, -0.1) is 0 Å². The zero-order valence-corrected chi connectivity index (χ0v) is 15.3. The molecule has 1 saturated heterocycles. The van der Waals surface area contributed by atoms with Crippen LogP contribution in [0.25, 0.3) is 0 Å². The highest BCUT2D eigenvalue weighted by molar-refractivity contribution is 8.00. The highest BCUT2D eigenvalue weighted by Crippen LogP contribution is 2.29. The van der Waals surface area contributed by atoms with E-state index in [0.717, 1.165) is 37.1 Å². The molecule has 1 fully saturated rings. The van der Waals surface area contributed by atoms with Crippen LogP contribution in [0.5, 0.6) is 0 Å². The van der Waals surface area contributed by atoms with E-state index in [1.165, 1.54) is 0 Å². The van der Waals surface area contributed by atoms with Crippen molar-refractivity contribution in [2.75, 3.05) is 44.3 Å². The summed E-state index contributed by atoms with van der Waals surface area (Å²) in [6.45, 7) is 7.08. The number of nitrogens with one attached hydrogen (secondary N) is 2. The summed E-state index contributed by atoms with van der Waals surface area (Å²) in [4.78, 5) is 13.8. The van der Waals surface area contributed by atoms with Crippen molar-refractivity contribution in [2.24, 2.45) is 4.99 Å². The quantitative estimate of drug-likeness (QED) is 0.478. The van der Waals surface area contributed by atoms with Crippen LogP contribution < -0.4 is 10.6 Å². The van der Waals surface area contributed by atoms with E-state index in [2.05, 4.69) is 44.3 Å². The number of nitrogens with zero attached hydrogens (tertiary/aromatic N) is 4. The van der Waals surface area contributed by atoms with E-state index in [-0.39, 0.29) is 10.7 Å². The number of aliphatic imine (C=N–C) groups is 1. The van der Waals surface area contributed by atoms with Crippen molar-refractivity contribution in [1.82, 2.24) is 20.2 Å². The summed E-state index contributed by atoms with van der Waals surface area (Å²) in [7, 11) is 1.72. The molecule has 0 amide bonds. The molecule has 0 atom stereocenters. The van der Waals surface area contributed by atoms with Gasteiger partial charge in [0.15, 0.2) is 5.96 Å². The molecule has 6 nitrogen and oxygen atoms in total. The highest BCUT2D eigenvalue weighted by atomic mass is 32.2. The van der Waals surface area contributed by atoms with E-state index in [4.69, 9.17) is 0 Å². The first-order valence-corrected chi connectivity index (χ1v) is 8.93. The van der Waals surface area contributed by atoms with E-state index in [1.807, 2.05) is 11.8 Å². The van der Waals surface area contributed by atoms with Gasteiger partial charge < -0.3 is 15.5 Å². The third kappa shape index (κ3) is 5.94. The maximum absolute atomic E-state index is 12.6. The Hall–Kier alpha value is -1.71. The molecule has 2 N–H and O–H groups in total. The van der Waals surface area contributed by atoms with Gasteiger partial charge in [-0.05, 0) is 19.9 Å². The summed E-state index contributed by atoms with van der Waals surface area (Å²) in [6.07, 6.45) is -3.38. The van der Waals surface area contributed by atoms with Crippen LogP contribution in [-0.4, -0.2) is 64.6 Å². The number of aromatic nitrogens is 2. The minimum absolute atomic E-state index is 0.0397. The molecule has 1 aliphatic rings.